The zero-order valence-corrected chi connectivity index (χ0v) is 16.1. The largest absolute Gasteiger partial charge is 0.463 e. The van der Waals surface area contributed by atoms with E-state index in [0.29, 0.717) is 0 Å². The third-order valence-corrected chi connectivity index (χ3v) is 3.27. The molecule has 8 heteroatoms. The molecule has 0 spiro atoms. The number of esters is 1. The maximum Gasteiger partial charge on any atom is 0.429 e. The minimum absolute atomic E-state index is 0.107. The molecule has 0 heterocycles. The molecule has 1 N–H and O–H groups in total. The van der Waals surface area contributed by atoms with E-state index in [1.165, 1.54) is 0 Å². The number of carbonyl (C=O) groups excluding carboxylic acids is 3. The molecule has 8 nitrogen and oxygen atoms in total. The van der Waals surface area contributed by atoms with Gasteiger partial charge in [0.05, 0.1) is 31.9 Å². The molecule has 0 bridgehead atoms. The Kier molecular flexibility index (Phi) is 9.42. The number of nitrogens with zero attached hydrogens (tertiary/aromatic N) is 1. The summed E-state index contributed by atoms with van der Waals surface area (Å²) < 4.78 is 14.8. The highest BCUT2D eigenvalue weighted by Gasteiger charge is 2.23. The first-order valence-electron chi connectivity index (χ1n) is 8.73. The number of benzene rings is 1. The Balaban J connectivity index is 3.11. The normalized spacial score (nSPS) is 10.7. The van der Waals surface area contributed by atoms with Crippen LogP contribution in [0.15, 0.2) is 29.8 Å². The van der Waals surface area contributed by atoms with Crippen LogP contribution >= 0.6 is 0 Å². The van der Waals surface area contributed by atoms with Gasteiger partial charge in [-0.2, -0.15) is 0 Å². The van der Waals surface area contributed by atoms with Crippen LogP contribution < -0.4 is 5.43 Å². The summed E-state index contributed by atoms with van der Waals surface area (Å²) in [7, 11) is 0. The van der Waals surface area contributed by atoms with Crippen LogP contribution in [0.4, 0.5) is 9.59 Å². The van der Waals surface area contributed by atoms with E-state index >= 15 is 0 Å². The monoisotopic (exact) mass is 378 g/mol. The predicted molar refractivity (Wildman–Crippen MR) is 99.7 cm³/mol. The van der Waals surface area contributed by atoms with E-state index < -0.39 is 18.2 Å². The van der Waals surface area contributed by atoms with Gasteiger partial charge in [-0.1, -0.05) is 29.8 Å². The molecule has 0 unspecified atom stereocenters. The third-order valence-electron chi connectivity index (χ3n) is 3.27. The third kappa shape index (κ3) is 7.81. The molecule has 1 aromatic rings. The summed E-state index contributed by atoms with van der Waals surface area (Å²) in [6, 6.07) is 7.47. The molecule has 0 radical (unpaired) electrons. The van der Waals surface area contributed by atoms with Gasteiger partial charge in [-0.3, -0.25) is 0 Å². The highest BCUT2D eigenvalue weighted by atomic mass is 16.6. The first-order chi connectivity index (χ1) is 12.9. The van der Waals surface area contributed by atoms with Gasteiger partial charge in [-0.05, 0) is 39.3 Å². The molecule has 1 rings (SSSR count). The van der Waals surface area contributed by atoms with Crippen molar-refractivity contribution in [2.75, 3.05) is 26.4 Å². The maximum atomic E-state index is 12.3. The van der Waals surface area contributed by atoms with Crippen LogP contribution in [0.3, 0.4) is 0 Å². The second kappa shape index (κ2) is 11.6. The van der Waals surface area contributed by atoms with E-state index in [4.69, 9.17) is 14.2 Å². The van der Waals surface area contributed by atoms with Crippen molar-refractivity contribution in [1.29, 1.82) is 0 Å². The van der Waals surface area contributed by atoms with Crippen LogP contribution in [-0.2, 0) is 19.0 Å². The average Bonchev–Trinajstić information content (AvgIpc) is 2.62. The molecule has 1 aromatic carbocycles. The van der Waals surface area contributed by atoms with Gasteiger partial charge >= 0.3 is 18.2 Å². The lowest BCUT2D eigenvalue weighted by atomic mass is 10.1. The molecule has 148 valence electrons. The van der Waals surface area contributed by atoms with Gasteiger partial charge < -0.3 is 14.2 Å². The van der Waals surface area contributed by atoms with Crippen molar-refractivity contribution in [3.05, 3.63) is 41.0 Å². The summed E-state index contributed by atoms with van der Waals surface area (Å²) in [5, 5.41) is 0.873. The lowest BCUT2D eigenvalue weighted by molar-refractivity contribution is -0.138. The van der Waals surface area contributed by atoms with Crippen molar-refractivity contribution in [3.8, 4) is 0 Å². The maximum absolute atomic E-state index is 12.3. The van der Waals surface area contributed by atoms with Crippen molar-refractivity contribution < 1.29 is 28.6 Å². The number of hydrogen-bond acceptors (Lipinski definition) is 6. The van der Waals surface area contributed by atoms with E-state index in [-0.39, 0.29) is 31.9 Å². The van der Waals surface area contributed by atoms with E-state index in [0.717, 1.165) is 16.1 Å². The predicted octanol–water partition coefficient (Wildman–Crippen LogP) is 3.06. The van der Waals surface area contributed by atoms with Gasteiger partial charge in [0.2, 0.25) is 0 Å². The van der Waals surface area contributed by atoms with Gasteiger partial charge in [0.15, 0.2) is 0 Å². The summed E-state index contributed by atoms with van der Waals surface area (Å²) in [5.41, 5.74) is 4.27. The highest BCUT2D eigenvalue weighted by Crippen LogP contribution is 2.12. The Labute approximate surface area is 159 Å². The number of amides is 2. The summed E-state index contributed by atoms with van der Waals surface area (Å²) in [4.78, 5) is 36.2. The minimum Gasteiger partial charge on any atom is -0.463 e. The standard InChI is InChI=1S/C19H26N2O6/c1-5-25-17(22)16(12-15-10-8-14(4)9-11-15)13-21(19(24)27-7-3)20-18(23)26-6-2/h8-12H,5-7,13H2,1-4H3,(H,20,23)/b16-12-. The Morgan fingerprint density at radius 3 is 2.11 bits per heavy atom. The Morgan fingerprint density at radius 2 is 1.56 bits per heavy atom. The van der Waals surface area contributed by atoms with Gasteiger partial charge in [0.25, 0.3) is 0 Å². The second-order valence-electron chi connectivity index (χ2n) is 5.42. The number of carbonyl (C=O) groups is 3. The van der Waals surface area contributed by atoms with Crippen LogP contribution in [0.25, 0.3) is 6.08 Å². The van der Waals surface area contributed by atoms with Crippen molar-refractivity contribution >= 4 is 24.2 Å². The average molecular weight is 378 g/mol. The van der Waals surface area contributed by atoms with E-state index in [9.17, 15) is 14.4 Å². The molecule has 0 atom stereocenters. The quantitative estimate of drug-likeness (QED) is 0.339. The molecular formula is C19H26N2O6. The number of ether oxygens (including phenoxy) is 3. The lowest BCUT2D eigenvalue weighted by Crippen LogP contribution is -2.48. The molecule has 0 saturated carbocycles. The molecule has 2 amide bonds. The summed E-state index contributed by atoms with van der Waals surface area (Å²) in [5.74, 6) is -0.599. The number of rotatable bonds is 7. The molecule has 27 heavy (non-hydrogen) atoms. The second-order valence-corrected chi connectivity index (χ2v) is 5.42. The Hall–Kier alpha value is -3.03. The highest BCUT2D eigenvalue weighted by molar-refractivity contribution is 5.94. The first-order valence-corrected chi connectivity index (χ1v) is 8.73. The lowest BCUT2D eigenvalue weighted by Gasteiger charge is -2.22. The SMILES string of the molecule is CCOC(=O)NN(C/C(=C/c1ccc(C)cc1)C(=O)OCC)C(=O)OCC. The molecule has 0 aromatic heterocycles. The van der Waals surface area contributed by atoms with Crippen molar-refractivity contribution in [3.63, 3.8) is 0 Å². The zero-order valence-electron chi connectivity index (χ0n) is 16.1. The first kappa shape index (κ1) is 22.0. The smallest absolute Gasteiger partial charge is 0.429 e. The van der Waals surface area contributed by atoms with Crippen LogP contribution in [0.1, 0.15) is 31.9 Å². The van der Waals surface area contributed by atoms with Gasteiger partial charge in [0.1, 0.15) is 0 Å². The van der Waals surface area contributed by atoms with Gasteiger partial charge in [-0.15, -0.1) is 0 Å². The molecule has 0 aliphatic heterocycles. The molecule has 0 saturated heterocycles. The van der Waals surface area contributed by atoms with Crippen molar-refractivity contribution in [2.24, 2.45) is 0 Å². The minimum atomic E-state index is -0.830. The van der Waals surface area contributed by atoms with Gasteiger partial charge in [-0.25, -0.2) is 24.8 Å². The number of aryl methyl sites for hydroxylation is 1. The fraction of sp³-hybridized carbons (Fsp3) is 0.421. The van der Waals surface area contributed by atoms with Crippen LogP contribution in [0, 0.1) is 6.92 Å². The van der Waals surface area contributed by atoms with E-state index in [2.05, 4.69) is 5.43 Å². The molecule has 0 fully saturated rings. The van der Waals surface area contributed by atoms with Crippen LogP contribution in [0.2, 0.25) is 0 Å². The number of hydrogen-bond donors (Lipinski definition) is 1. The summed E-state index contributed by atoms with van der Waals surface area (Å²) in [6.07, 6.45) is -0.0509. The molecule has 0 aliphatic rings. The fourth-order valence-electron chi connectivity index (χ4n) is 2.05. The fourth-order valence-corrected chi connectivity index (χ4v) is 2.05. The van der Waals surface area contributed by atoms with Crippen LogP contribution in [0.5, 0.6) is 0 Å². The number of nitrogens with one attached hydrogen (secondary N) is 1. The summed E-state index contributed by atoms with van der Waals surface area (Å²) in [6.45, 7) is 7.07. The zero-order chi connectivity index (χ0) is 20.2. The van der Waals surface area contributed by atoms with Crippen LogP contribution in [-0.4, -0.2) is 49.5 Å². The van der Waals surface area contributed by atoms with Gasteiger partial charge in [0, 0.05) is 0 Å². The molecule has 0 aliphatic carbocycles. The summed E-state index contributed by atoms with van der Waals surface area (Å²) >= 11 is 0. The van der Waals surface area contributed by atoms with Crippen molar-refractivity contribution in [2.45, 2.75) is 27.7 Å². The van der Waals surface area contributed by atoms with Crippen molar-refractivity contribution in [1.82, 2.24) is 10.4 Å². The van der Waals surface area contributed by atoms with E-state index in [1.807, 2.05) is 31.2 Å². The Morgan fingerprint density at radius 1 is 0.963 bits per heavy atom. The topological polar surface area (TPSA) is 94.2 Å². The molecular weight excluding hydrogens is 352 g/mol. The Bertz CT molecular complexity index is 669. The van der Waals surface area contributed by atoms with E-state index in [1.54, 1.807) is 26.8 Å². The number of hydrazine groups is 1.